The summed E-state index contributed by atoms with van der Waals surface area (Å²) in [5.74, 6) is 2.82. The Morgan fingerprint density at radius 2 is 2.11 bits per heavy atom. The second-order valence-electron chi connectivity index (χ2n) is 4.57. The molecule has 1 aliphatic rings. The number of hydrogen-bond donors (Lipinski definition) is 1. The summed E-state index contributed by atoms with van der Waals surface area (Å²) < 4.78 is 5.19. The van der Waals surface area contributed by atoms with Crippen LogP contribution in [-0.2, 0) is 0 Å². The Hall–Kier alpha value is -1.81. The van der Waals surface area contributed by atoms with Gasteiger partial charge in [0.2, 0.25) is 0 Å². The van der Waals surface area contributed by atoms with E-state index in [-0.39, 0.29) is 0 Å². The number of nitrogens with one attached hydrogen (secondary N) is 1. The number of aromatic nitrogens is 2. The summed E-state index contributed by atoms with van der Waals surface area (Å²) in [6.07, 6.45) is 2.30. The van der Waals surface area contributed by atoms with Gasteiger partial charge in [0.1, 0.15) is 22.5 Å². The van der Waals surface area contributed by atoms with E-state index in [9.17, 15) is 0 Å². The van der Waals surface area contributed by atoms with E-state index < -0.39 is 0 Å². The fraction of sp³-hybridized carbons (Fsp3) is 0.286. The highest BCUT2D eigenvalue weighted by Gasteiger charge is 2.27. The molecule has 19 heavy (non-hydrogen) atoms. The van der Waals surface area contributed by atoms with Crippen LogP contribution in [0.2, 0.25) is 5.15 Å². The predicted molar refractivity (Wildman–Crippen MR) is 75.3 cm³/mol. The number of nitrogens with zero attached hydrogens (tertiary/aromatic N) is 2. The van der Waals surface area contributed by atoms with Crippen LogP contribution in [-0.4, -0.2) is 17.1 Å². The molecule has 1 saturated carbocycles. The molecule has 1 aliphatic carbocycles. The number of halogens is 1. The van der Waals surface area contributed by atoms with Crippen molar-refractivity contribution in [2.24, 2.45) is 0 Å². The van der Waals surface area contributed by atoms with Gasteiger partial charge in [-0.25, -0.2) is 9.97 Å². The maximum atomic E-state index is 6.03. The third kappa shape index (κ3) is 2.96. The van der Waals surface area contributed by atoms with Gasteiger partial charge in [-0.2, -0.15) is 0 Å². The van der Waals surface area contributed by atoms with Crippen LogP contribution in [0.25, 0.3) is 0 Å². The van der Waals surface area contributed by atoms with Crippen LogP contribution in [0.1, 0.15) is 24.6 Å². The minimum absolute atomic E-state index is 0.474. The highest BCUT2D eigenvalue weighted by molar-refractivity contribution is 6.29. The van der Waals surface area contributed by atoms with Gasteiger partial charge in [0, 0.05) is 23.7 Å². The third-order valence-corrected chi connectivity index (χ3v) is 3.19. The molecule has 1 N–H and O–H groups in total. The Labute approximate surface area is 116 Å². The Bertz CT molecular complexity index is 599. The van der Waals surface area contributed by atoms with Gasteiger partial charge in [0.15, 0.2) is 0 Å². The Morgan fingerprint density at radius 1 is 1.26 bits per heavy atom. The van der Waals surface area contributed by atoms with E-state index >= 15 is 0 Å². The van der Waals surface area contributed by atoms with E-state index in [2.05, 4.69) is 15.3 Å². The third-order valence-electron chi connectivity index (χ3n) is 3.00. The number of rotatable bonds is 4. The van der Waals surface area contributed by atoms with Crippen LogP contribution in [0.15, 0.2) is 30.3 Å². The molecule has 0 unspecified atom stereocenters. The van der Waals surface area contributed by atoms with Gasteiger partial charge >= 0.3 is 0 Å². The zero-order valence-electron chi connectivity index (χ0n) is 10.6. The van der Waals surface area contributed by atoms with Crippen molar-refractivity contribution in [1.29, 1.82) is 0 Å². The van der Waals surface area contributed by atoms with Crippen molar-refractivity contribution in [1.82, 2.24) is 9.97 Å². The SMILES string of the molecule is COc1cccc(Nc2cc(Cl)nc(C3CC3)n2)c1. The zero-order chi connectivity index (χ0) is 13.2. The molecule has 98 valence electrons. The summed E-state index contributed by atoms with van der Waals surface area (Å²) in [6, 6.07) is 9.41. The van der Waals surface area contributed by atoms with Crippen molar-refractivity contribution in [2.45, 2.75) is 18.8 Å². The molecule has 1 heterocycles. The minimum Gasteiger partial charge on any atom is -0.497 e. The molecular weight excluding hydrogens is 262 g/mol. The van der Waals surface area contributed by atoms with Crippen LogP contribution in [0.4, 0.5) is 11.5 Å². The van der Waals surface area contributed by atoms with E-state index in [1.807, 2.05) is 24.3 Å². The molecule has 2 aromatic rings. The fourth-order valence-electron chi connectivity index (χ4n) is 1.87. The average Bonchev–Trinajstić information content (AvgIpc) is 3.22. The lowest BCUT2D eigenvalue weighted by Gasteiger charge is -2.08. The first-order valence-corrected chi connectivity index (χ1v) is 6.58. The first-order chi connectivity index (χ1) is 9.24. The maximum Gasteiger partial charge on any atom is 0.135 e. The predicted octanol–water partition coefficient (Wildman–Crippen LogP) is 3.76. The van der Waals surface area contributed by atoms with Crippen molar-refractivity contribution < 1.29 is 4.74 Å². The molecule has 0 saturated heterocycles. The van der Waals surface area contributed by atoms with Crippen molar-refractivity contribution >= 4 is 23.1 Å². The summed E-state index contributed by atoms with van der Waals surface area (Å²) >= 11 is 6.03. The lowest BCUT2D eigenvalue weighted by Crippen LogP contribution is -1.99. The smallest absolute Gasteiger partial charge is 0.135 e. The van der Waals surface area contributed by atoms with Crippen molar-refractivity contribution in [3.63, 3.8) is 0 Å². The van der Waals surface area contributed by atoms with Crippen LogP contribution < -0.4 is 10.1 Å². The van der Waals surface area contributed by atoms with Gasteiger partial charge in [0.25, 0.3) is 0 Å². The van der Waals surface area contributed by atoms with E-state index in [1.165, 1.54) is 0 Å². The summed E-state index contributed by atoms with van der Waals surface area (Å²) in [4.78, 5) is 8.76. The molecule has 1 aromatic carbocycles. The van der Waals surface area contributed by atoms with Gasteiger partial charge in [-0.3, -0.25) is 0 Å². The molecular formula is C14H14ClN3O. The number of benzene rings is 1. The van der Waals surface area contributed by atoms with Gasteiger partial charge in [-0.15, -0.1) is 0 Å². The average molecular weight is 276 g/mol. The topological polar surface area (TPSA) is 47.0 Å². The molecule has 3 rings (SSSR count). The van der Waals surface area contributed by atoms with Crippen LogP contribution >= 0.6 is 11.6 Å². The highest BCUT2D eigenvalue weighted by atomic mass is 35.5. The molecule has 4 nitrogen and oxygen atoms in total. The molecule has 0 aliphatic heterocycles. The van der Waals surface area contributed by atoms with E-state index in [0.717, 1.165) is 35.9 Å². The second kappa shape index (κ2) is 5.05. The van der Waals surface area contributed by atoms with Crippen molar-refractivity contribution in [3.8, 4) is 5.75 Å². The van der Waals surface area contributed by atoms with Gasteiger partial charge < -0.3 is 10.1 Å². The van der Waals surface area contributed by atoms with Gasteiger partial charge in [-0.1, -0.05) is 17.7 Å². The normalized spacial score (nSPS) is 14.2. The van der Waals surface area contributed by atoms with Crippen molar-refractivity contribution in [2.75, 3.05) is 12.4 Å². The van der Waals surface area contributed by atoms with Crippen LogP contribution in [0, 0.1) is 0 Å². The Morgan fingerprint density at radius 3 is 2.84 bits per heavy atom. The monoisotopic (exact) mass is 275 g/mol. The number of hydrogen-bond acceptors (Lipinski definition) is 4. The molecule has 1 fully saturated rings. The fourth-order valence-corrected chi connectivity index (χ4v) is 2.06. The zero-order valence-corrected chi connectivity index (χ0v) is 11.3. The van der Waals surface area contributed by atoms with E-state index in [4.69, 9.17) is 16.3 Å². The largest absolute Gasteiger partial charge is 0.497 e. The first-order valence-electron chi connectivity index (χ1n) is 6.20. The van der Waals surface area contributed by atoms with E-state index in [0.29, 0.717) is 11.1 Å². The first kappa shape index (κ1) is 12.2. The lowest BCUT2D eigenvalue weighted by atomic mass is 10.3. The number of ether oxygens (including phenoxy) is 1. The van der Waals surface area contributed by atoms with Gasteiger partial charge in [0.05, 0.1) is 7.11 Å². The standard InChI is InChI=1S/C14H14ClN3O/c1-19-11-4-2-3-10(7-11)16-13-8-12(15)17-14(18-13)9-5-6-9/h2-4,7-9H,5-6H2,1H3,(H,16,17,18). The molecule has 1 aromatic heterocycles. The molecule has 0 radical (unpaired) electrons. The maximum absolute atomic E-state index is 6.03. The molecule has 0 spiro atoms. The second-order valence-corrected chi connectivity index (χ2v) is 4.95. The highest BCUT2D eigenvalue weighted by Crippen LogP contribution is 2.39. The lowest BCUT2D eigenvalue weighted by molar-refractivity contribution is 0.415. The molecule has 0 amide bonds. The summed E-state index contributed by atoms with van der Waals surface area (Å²) in [7, 11) is 1.64. The van der Waals surface area contributed by atoms with Crippen LogP contribution in [0.3, 0.4) is 0 Å². The molecule has 5 heteroatoms. The van der Waals surface area contributed by atoms with E-state index in [1.54, 1.807) is 13.2 Å². The molecule has 0 bridgehead atoms. The number of methoxy groups -OCH3 is 1. The summed E-state index contributed by atoms with van der Waals surface area (Å²) in [5.41, 5.74) is 0.913. The molecule has 0 atom stereocenters. The van der Waals surface area contributed by atoms with Gasteiger partial charge in [-0.05, 0) is 25.0 Å². The van der Waals surface area contributed by atoms with Crippen molar-refractivity contribution in [3.05, 3.63) is 41.3 Å². The minimum atomic E-state index is 0.474. The summed E-state index contributed by atoms with van der Waals surface area (Å²) in [5, 5.41) is 3.70. The van der Waals surface area contributed by atoms with Crippen LogP contribution in [0.5, 0.6) is 5.75 Å². The Kier molecular flexibility index (Phi) is 3.25. The quantitative estimate of drug-likeness (QED) is 0.863. The number of anilines is 2. The summed E-state index contributed by atoms with van der Waals surface area (Å²) in [6.45, 7) is 0. The Balaban J connectivity index is 1.85.